The third kappa shape index (κ3) is 3.18. The van der Waals surface area contributed by atoms with Crippen LogP contribution in [-0.4, -0.2) is 7.97 Å². The highest BCUT2D eigenvalue weighted by Crippen LogP contribution is 2.06. The van der Waals surface area contributed by atoms with Gasteiger partial charge in [0.2, 0.25) is 0 Å². The van der Waals surface area contributed by atoms with Gasteiger partial charge in [-0.1, -0.05) is 34.7 Å². The van der Waals surface area contributed by atoms with Gasteiger partial charge in [0, 0.05) is 16.6 Å². The highest BCUT2D eigenvalue weighted by molar-refractivity contribution is 14.1. The van der Waals surface area contributed by atoms with Crippen LogP contribution in [0.15, 0.2) is 24.3 Å². The second kappa shape index (κ2) is 4.91. The normalized spacial score (nSPS) is 12.8. The molecule has 0 bridgehead atoms. The Bertz CT molecular complexity index is 273. The smallest absolute Gasteiger partial charge is 0.123 e. The maximum atomic E-state index is 12.4. The van der Waals surface area contributed by atoms with Crippen LogP contribution in [0.2, 0.25) is 0 Å². The van der Waals surface area contributed by atoms with Crippen molar-refractivity contribution in [3.8, 4) is 0 Å². The molecule has 0 saturated heterocycles. The molecule has 0 N–H and O–H groups in total. The zero-order valence-corrected chi connectivity index (χ0v) is 9.27. The summed E-state index contributed by atoms with van der Waals surface area (Å²) in [5, 5.41) is 0. The molecule has 0 aliphatic heterocycles. The molecule has 66 valence electrons. The largest absolute Gasteiger partial charge is 0.258 e. The lowest BCUT2D eigenvalue weighted by Gasteiger charge is -1.98. The summed E-state index contributed by atoms with van der Waals surface area (Å²) in [5.74, 6) is 0.266. The Morgan fingerprint density at radius 1 is 1.33 bits per heavy atom. The van der Waals surface area contributed by atoms with Crippen molar-refractivity contribution in [1.29, 1.82) is 0 Å². The Kier molecular flexibility index (Phi) is 4.14. The second-order valence-electron chi connectivity index (χ2n) is 2.32. The van der Waals surface area contributed by atoms with Gasteiger partial charge in [-0.3, -0.25) is 4.21 Å². The summed E-state index contributed by atoms with van der Waals surface area (Å²) in [4.78, 5) is 0. The second-order valence-corrected chi connectivity index (χ2v) is 5.57. The van der Waals surface area contributed by atoms with E-state index in [1.54, 1.807) is 12.1 Å². The topological polar surface area (TPSA) is 17.1 Å². The van der Waals surface area contributed by atoms with Crippen molar-refractivity contribution in [3.63, 3.8) is 0 Å². The van der Waals surface area contributed by atoms with Crippen molar-refractivity contribution in [2.24, 2.45) is 0 Å². The van der Waals surface area contributed by atoms with Gasteiger partial charge in [-0.15, -0.1) is 0 Å². The van der Waals surface area contributed by atoms with E-state index in [1.165, 1.54) is 12.1 Å². The van der Waals surface area contributed by atoms with E-state index < -0.39 is 10.8 Å². The Balaban J connectivity index is 2.64. The minimum atomic E-state index is -0.820. The lowest BCUT2D eigenvalue weighted by atomic mass is 10.2. The van der Waals surface area contributed by atoms with Crippen molar-refractivity contribution >= 4 is 33.4 Å². The standard InChI is InChI=1S/C8H8FIOS/c9-8-3-1-7(2-4-8)5-12(11)6-10/h1-4H,5-6H2. The monoisotopic (exact) mass is 298 g/mol. The van der Waals surface area contributed by atoms with Gasteiger partial charge in [0.15, 0.2) is 0 Å². The Hall–Kier alpha value is 0.0300. The Labute approximate surface area is 87.0 Å². The van der Waals surface area contributed by atoms with Crippen molar-refractivity contribution in [3.05, 3.63) is 35.6 Å². The average Bonchev–Trinajstić information content (AvgIpc) is 2.09. The first kappa shape index (κ1) is 10.1. The molecule has 0 amide bonds. The van der Waals surface area contributed by atoms with E-state index in [4.69, 9.17) is 0 Å². The van der Waals surface area contributed by atoms with Crippen LogP contribution in [0, 0.1) is 5.82 Å². The van der Waals surface area contributed by atoms with Crippen molar-refractivity contribution in [2.45, 2.75) is 5.75 Å². The van der Waals surface area contributed by atoms with E-state index in [9.17, 15) is 8.60 Å². The minimum Gasteiger partial charge on any atom is -0.258 e. The van der Waals surface area contributed by atoms with Crippen molar-refractivity contribution in [1.82, 2.24) is 0 Å². The van der Waals surface area contributed by atoms with Crippen molar-refractivity contribution < 1.29 is 8.60 Å². The molecule has 1 rings (SSSR count). The predicted molar refractivity (Wildman–Crippen MR) is 57.1 cm³/mol. The van der Waals surface area contributed by atoms with Crippen LogP contribution in [-0.2, 0) is 16.6 Å². The number of hydrogen-bond donors (Lipinski definition) is 0. The van der Waals surface area contributed by atoms with Crippen LogP contribution in [0.3, 0.4) is 0 Å². The summed E-state index contributed by atoms with van der Waals surface area (Å²) in [7, 11) is -0.820. The first-order valence-electron chi connectivity index (χ1n) is 3.38. The Morgan fingerprint density at radius 3 is 2.42 bits per heavy atom. The lowest BCUT2D eigenvalue weighted by Crippen LogP contribution is -1.95. The van der Waals surface area contributed by atoms with Crippen LogP contribution < -0.4 is 0 Å². The summed E-state index contributed by atoms with van der Waals surface area (Å²) < 4.78 is 24.1. The molecule has 1 nitrogen and oxygen atoms in total. The molecular formula is C8H8FIOS. The van der Waals surface area contributed by atoms with Gasteiger partial charge in [-0.05, 0) is 17.7 Å². The molecule has 4 heteroatoms. The van der Waals surface area contributed by atoms with Gasteiger partial charge >= 0.3 is 0 Å². The van der Waals surface area contributed by atoms with E-state index in [-0.39, 0.29) is 5.82 Å². The van der Waals surface area contributed by atoms with E-state index in [0.717, 1.165) is 5.56 Å². The molecule has 1 aromatic rings. The molecule has 0 fully saturated rings. The molecule has 1 atom stereocenters. The zero-order valence-electron chi connectivity index (χ0n) is 6.30. The van der Waals surface area contributed by atoms with Crippen LogP contribution in [0.25, 0.3) is 0 Å². The van der Waals surface area contributed by atoms with Gasteiger partial charge in [-0.2, -0.15) is 0 Å². The minimum absolute atomic E-state index is 0.251. The molecule has 0 aromatic heterocycles. The maximum absolute atomic E-state index is 12.4. The average molecular weight is 298 g/mol. The van der Waals surface area contributed by atoms with Crippen LogP contribution in [0.5, 0.6) is 0 Å². The number of rotatable bonds is 3. The predicted octanol–water partition coefficient (Wildman–Crippen LogP) is 2.47. The lowest BCUT2D eigenvalue weighted by molar-refractivity contribution is 0.627. The van der Waals surface area contributed by atoms with Gasteiger partial charge in [-0.25, -0.2) is 4.39 Å². The summed E-state index contributed by atoms with van der Waals surface area (Å²) in [6, 6.07) is 6.11. The molecule has 0 spiro atoms. The number of hydrogen-bond acceptors (Lipinski definition) is 1. The van der Waals surface area contributed by atoms with E-state index in [0.29, 0.717) is 9.51 Å². The first-order valence-corrected chi connectivity index (χ1v) is 6.39. The quantitative estimate of drug-likeness (QED) is 0.619. The maximum Gasteiger partial charge on any atom is 0.123 e. The summed E-state index contributed by atoms with van der Waals surface area (Å²) >= 11 is 2.07. The van der Waals surface area contributed by atoms with Crippen LogP contribution >= 0.6 is 22.6 Å². The summed E-state index contributed by atoms with van der Waals surface area (Å²) in [5.41, 5.74) is 0.923. The zero-order chi connectivity index (χ0) is 8.97. The molecule has 1 unspecified atom stereocenters. The fraction of sp³-hybridized carbons (Fsp3) is 0.250. The molecule has 0 heterocycles. The van der Waals surface area contributed by atoms with Gasteiger partial charge in [0.25, 0.3) is 0 Å². The van der Waals surface area contributed by atoms with Crippen LogP contribution in [0.4, 0.5) is 4.39 Å². The number of benzene rings is 1. The SMILES string of the molecule is O=S(CI)Cc1ccc(F)cc1. The molecule has 12 heavy (non-hydrogen) atoms. The molecule has 0 aliphatic carbocycles. The molecule has 0 saturated carbocycles. The Morgan fingerprint density at radius 2 is 1.92 bits per heavy atom. The third-order valence-corrected chi connectivity index (χ3v) is 4.35. The first-order chi connectivity index (χ1) is 5.72. The summed E-state index contributed by atoms with van der Waals surface area (Å²) in [6.07, 6.45) is 0. The number of alkyl halides is 1. The number of halogens is 2. The third-order valence-electron chi connectivity index (χ3n) is 1.36. The molecule has 0 aliphatic rings. The molecule has 0 radical (unpaired) electrons. The molecule has 1 aromatic carbocycles. The van der Waals surface area contributed by atoms with Crippen LogP contribution in [0.1, 0.15) is 5.56 Å². The van der Waals surface area contributed by atoms with Crippen molar-refractivity contribution in [2.75, 3.05) is 3.76 Å². The van der Waals surface area contributed by atoms with E-state index in [1.807, 2.05) is 0 Å². The fourth-order valence-electron chi connectivity index (χ4n) is 0.805. The highest BCUT2D eigenvalue weighted by atomic mass is 127. The molecular weight excluding hydrogens is 290 g/mol. The van der Waals surface area contributed by atoms with E-state index >= 15 is 0 Å². The van der Waals surface area contributed by atoms with Gasteiger partial charge in [0.1, 0.15) is 5.82 Å². The summed E-state index contributed by atoms with van der Waals surface area (Å²) in [6.45, 7) is 0. The van der Waals surface area contributed by atoms with Gasteiger partial charge in [0.05, 0.1) is 3.76 Å². The highest BCUT2D eigenvalue weighted by Gasteiger charge is 1.99. The fourth-order valence-corrected chi connectivity index (χ4v) is 2.11. The van der Waals surface area contributed by atoms with E-state index in [2.05, 4.69) is 22.6 Å². The van der Waals surface area contributed by atoms with Gasteiger partial charge < -0.3 is 0 Å².